The highest BCUT2D eigenvalue weighted by molar-refractivity contribution is 9.10. The number of halogens is 1. The van der Waals surface area contributed by atoms with Gasteiger partial charge in [0.05, 0.1) is 0 Å². The third-order valence-corrected chi connectivity index (χ3v) is 4.02. The summed E-state index contributed by atoms with van der Waals surface area (Å²) in [5, 5.41) is 3.63. The molecule has 1 fully saturated rings. The van der Waals surface area contributed by atoms with E-state index >= 15 is 0 Å². The fraction of sp³-hybridized carbons (Fsp3) is 0.500. The number of nitrogens with one attached hydrogen (secondary N) is 1. The molecule has 1 nitrogen and oxygen atoms in total. The van der Waals surface area contributed by atoms with Gasteiger partial charge >= 0.3 is 0 Å². The number of piperidine rings is 1. The molecule has 1 aromatic rings. The summed E-state index contributed by atoms with van der Waals surface area (Å²) in [7, 11) is 0. The smallest absolute Gasteiger partial charge is 0.0178 e. The molecule has 1 aromatic carbocycles. The van der Waals surface area contributed by atoms with Crippen molar-refractivity contribution in [1.29, 1.82) is 0 Å². The summed E-state index contributed by atoms with van der Waals surface area (Å²) < 4.78 is 1.22. The molecular formula is C12H14BrN. The van der Waals surface area contributed by atoms with Crippen molar-refractivity contribution in [3.63, 3.8) is 0 Å². The number of hydrogen-bond acceptors (Lipinski definition) is 1. The normalized spacial score (nSPS) is 29.8. The first-order valence-corrected chi connectivity index (χ1v) is 6.15. The van der Waals surface area contributed by atoms with Gasteiger partial charge in [0.2, 0.25) is 0 Å². The van der Waals surface area contributed by atoms with Gasteiger partial charge < -0.3 is 5.32 Å². The molecule has 0 unspecified atom stereocenters. The lowest BCUT2D eigenvalue weighted by atomic mass is 9.90. The number of fused-ring (bicyclic) bond motifs is 3. The maximum absolute atomic E-state index is 3.63. The fourth-order valence-corrected chi connectivity index (χ4v) is 3.25. The van der Waals surface area contributed by atoms with Crippen LogP contribution in [0.1, 0.15) is 29.9 Å². The Balaban J connectivity index is 2.02. The number of benzene rings is 1. The molecule has 2 aliphatic rings. The van der Waals surface area contributed by atoms with Crippen LogP contribution in [-0.2, 0) is 6.42 Å². The topological polar surface area (TPSA) is 12.0 Å². The fourth-order valence-electron chi connectivity index (χ4n) is 2.87. The predicted molar refractivity (Wildman–Crippen MR) is 61.6 cm³/mol. The first kappa shape index (κ1) is 8.93. The van der Waals surface area contributed by atoms with E-state index in [-0.39, 0.29) is 0 Å². The van der Waals surface area contributed by atoms with Crippen molar-refractivity contribution in [2.75, 3.05) is 6.54 Å². The Morgan fingerprint density at radius 2 is 2.29 bits per heavy atom. The molecule has 1 aliphatic heterocycles. The van der Waals surface area contributed by atoms with E-state index in [4.69, 9.17) is 0 Å². The second-order valence-corrected chi connectivity index (χ2v) is 5.27. The Morgan fingerprint density at radius 3 is 3.21 bits per heavy atom. The summed E-state index contributed by atoms with van der Waals surface area (Å²) in [5.41, 5.74) is 3.13. The summed E-state index contributed by atoms with van der Waals surface area (Å²) in [5.74, 6) is 0.774. The van der Waals surface area contributed by atoms with Crippen molar-refractivity contribution >= 4 is 15.9 Å². The van der Waals surface area contributed by atoms with E-state index in [0.717, 1.165) is 5.92 Å². The van der Waals surface area contributed by atoms with Crippen LogP contribution in [0.25, 0.3) is 0 Å². The molecule has 0 amide bonds. The zero-order chi connectivity index (χ0) is 9.54. The van der Waals surface area contributed by atoms with Crippen LogP contribution in [0.4, 0.5) is 0 Å². The molecule has 1 heterocycles. The number of hydrogen-bond donors (Lipinski definition) is 1. The monoisotopic (exact) mass is 251 g/mol. The Morgan fingerprint density at radius 1 is 1.36 bits per heavy atom. The van der Waals surface area contributed by atoms with Crippen LogP contribution in [0.15, 0.2) is 22.7 Å². The van der Waals surface area contributed by atoms with Gasteiger partial charge in [0.15, 0.2) is 0 Å². The van der Waals surface area contributed by atoms with E-state index < -0.39 is 0 Å². The highest BCUT2D eigenvalue weighted by Gasteiger charge is 2.33. The van der Waals surface area contributed by atoms with Crippen LogP contribution in [0, 0.1) is 0 Å². The van der Waals surface area contributed by atoms with Gasteiger partial charge in [-0.1, -0.05) is 22.0 Å². The molecule has 1 N–H and O–H groups in total. The lowest BCUT2D eigenvalue weighted by Crippen LogP contribution is -2.37. The van der Waals surface area contributed by atoms with Crippen molar-refractivity contribution in [2.45, 2.75) is 31.2 Å². The predicted octanol–water partition coefficient (Wildman–Crippen LogP) is 2.84. The quantitative estimate of drug-likeness (QED) is 0.748. The van der Waals surface area contributed by atoms with E-state index in [0.29, 0.717) is 6.04 Å². The van der Waals surface area contributed by atoms with Gasteiger partial charge in [-0.15, -0.1) is 0 Å². The standard InChI is InChI=1S/C12H14BrN/c13-9-4-3-8-6-12-10(11(8)7-9)2-1-5-14-12/h3-4,7,10,12,14H,1-2,5-6H2/t10-,12+/m0/s1. The zero-order valence-electron chi connectivity index (χ0n) is 8.09. The van der Waals surface area contributed by atoms with E-state index in [1.165, 1.54) is 30.3 Å². The summed E-state index contributed by atoms with van der Waals surface area (Å²) in [6, 6.07) is 7.47. The van der Waals surface area contributed by atoms with Crippen molar-refractivity contribution in [3.8, 4) is 0 Å². The molecule has 14 heavy (non-hydrogen) atoms. The van der Waals surface area contributed by atoms with Crippen LogP contribution >= 0.6 is 15.9 Å². The minimum Gasteiger partial charge on any atom is -0.313 e. The first-order chi connectivity index (χ1) is 6.84. The summed E-state index contributed by atoms with van der Waals surface area (Å²) in [6.45, 7) is 1.20. The lowest BCUT2D eigenvalue weighted by Gasteiger charge is -2.27. The number of rotatable bonds is 0. The highest BCUT2D eigenvalue weighted by Crippen LogP contribution is 2.39. The third-order valence-electron chi connectivity index (χ3n) is 3.53. The largest absolute Gasteiger partial charge is 0.313 e. The van der Waals surface area contributed by atoms with Crippen LogP contribution < -0.4 is 5.32 Å². The minimum atomic E-state index is 0.716. The van der Waals surface area contributed by atoms with Gasteiger partial charge in [-0.05, 0) is 55.0 Å². The van der Waals surface area contributed by atoms with Crippen LogP contribution in [0.2, 0.25) is 0 Å². The van der Waals surface area contributed by atoms with E-state index in [9.17, 15) is 0 Å². The average Bonchev–Trinajstić information content (AvgIpc) is 2.56. The summed E-state index contributed by atoms with van der Waals surface area (Å²) >= 11 is 3.56. The first-order valence-electron chi connectivity index (χ1n) is 5.36. The molecule has 74 valence electrons. The molecule has 0 bridgehead atoms. The molecule has 2 heteroatoms. The van der Waals surface area contributed by atoms with Crippen molar-refractivity contribution in [3.05, 3.63) is 33.8 Å². The second kappa shape index (κ2) is 3.35. The van der Waals surface area contributed by atoms with Gasteiger partial charge in [-0.25, -0.2) is 0 Å². The second-order valence-electron chi connectivity index (χ2n) is 4.36. The molecule has 0 saturated carbocycles. The Labute approximate surface area is 93.0 Å². The zero-order valence-corrected chi connectivity index (χ0v) is 9.68. The minimum absolute atomic E-state index is 0.716. The maximum atomic E-state index is 3.63. The van der Waals surface area contributed by atoms with E-state index in [2.05, 4.69) is 39.4 Å². The lowest BCUT2D eigenvalue weighted by molar-refractivity contribution is 0.372. The highest BCUT2D eigenvalue weighted by atomic mass is 79.9. The van der Waals surface area contributed by atoms with Crippen molar-refractivity contribution in [2.24, 2.45) is 0 Å². The molecule has 0 spiro atoms. The molecular weight excluding hydrogens is 238 g/mol. The van der Waals surface area contributed by atoms with Gasteiger partial charge in [-0.2, -0.15) is 0 Å². The maximum Gasteiger partial charge on any atom is 0.0178 e. The van der Waals surface area contributed by atoms with Crippen molar-refractivity contribution < 1.29 is 0 Å². The summed E-state index contributed by atoms with van der Waals surface area (Å²) in [6.07, 6.45) is 3.92. The van der Waals surface area contributed by atoms with Crippen molar-refractivity contribution in [1.82, 2.24) is 5.32 Å². The average molecular weight is 252 g/mol. The van der Waals surface area contributed by atoms with Gasteiger partial charge in [0.1, 0.15) is 0 Å². The molecule has 2 atom stereocenters. The Kier molecular flexibility index (Phi) is 2.14. The van der Waals surface area contributed by atoms with E-state index in [1.54, 1.807) is 11.1 Å². The SMILES string of the molecule is Brc1ccc2c(c1)[C@@H]1CCCN[C@@H]1C2. The Bertz CT molecular complexity index is 361. The van der Waals surface area contributed by atoms with E-state index in [1.807, 2.05) is 0 Å². The third kappa shape index (κ3) is 1.32. The Hall–Kier alpha value is -0.340. The molecule has 1 aliphatic carbocycles. The molecule has 1 saturated heterocycles. The summed E-state index contributed by atoms with van der Waals surface area (Å²) in [4.78, 5) is 0. The molecule has 3 rings (SSSR count). The van der Waals surface area contributed by atoms with Crippen LogP contribution in [0.3, 0.4) is 0 Å². The van der Waals surface area contributed by atoms with Gasteiger partial charge in [0.25, 0.3) is 0 Å². The van der Waals surface area contributed by atoms with Gasteiger partial charge in [-0.3, -0.25) is 0 Å². The molecule has 0 aromatic heterocycles. The van der Waals surface area contributed by atoms with Crippen LogP contribution in [0.5, 0.6) is 0 Å². The molecule has 0 radical (unpaired) electrons. The van der Waals surface area contributed by atoms with Crippen LogP contribution in [-0.4, -0.2) is 12.6 Å². The van der Waals surface area contributed by atoms with Gasteiger partial charge in [0, 0.05) is 10.5 Å².